The standard InChI is InChI=1S/C15H19NO/c1-9-6-13(15(4)7-12(15)8-16)10(2)11(3)14(9)17-5/h6,12H,7H2,1-5H3. The predicted octanol–water partition coefficient (Wildman–Crippen LogP) is 3.42. The molecule has 0 amide bonds. The molecule has 2 atom stereocenters. The SMILES string of the molecule is COc1c(C)cc(C2(C)CC2C#N)c(C)c1C. The summed E-state index contributed by atoms with van der Waals surface area (Å²) in [7, 11) is 1.71. The van der Waals surface area contributed by atoms with Crippen LogP contribution in [0.2, 0.25) is 0 Å². The van der Waals surface area contributed by atoms with Gasteiger partial charge in [-0.25, -0.2) is 0 Å². The molecule has 0 radical (unpaired) electrons. The number of methoxy groups -OCH3 is 1. The number of benzene rings is 1. The second kappa shape index (κ2) is 3.77. The Morgan fingerprint density at radius 3 is 2.47 bits per heavy atom. The van der Waals surface area contributed by atoms with E-state index < -0.39 is 0 Å². The molecule has 1 aliphatic carbocycles. The van der Waals surface area contributed by atoms with Crippen LogP contribution in [-0.2, 0) is 5.41 Å². The summed E-state index contributed by atoms with van der Waals surface area (Å²) in [5.41, 5.74) is 5.01. The molecule has 0 N–H and O–H groups in total. The molecular weight excluding hydrogens is 210 g/mol. The summed E-state index contributed by atoms with van der Waals surface area (Å²) in [6.45, 7) is 8.49. The molecule has 17 heavy (non-hydrogen) atoms. The maximum Gasteiger partial charge on any atom is 0.124 e. The van der Waals surface area contributed by atoms with Gasteiger partial charge in [-0.3, -0.25) is 0 Å². The molecule has 2 unspecified atom stereocenters. The normalized spacial score (nSPS) is 26.5. The van der Waals surface area contributed by atoms with E-state index in [0.717, 1.165) is 17.7 Å². The zero-order valence-electron chi connectivity index (χ0n) is 11.2. The van der Waals surface area contributed by atoms with E-state index in [1.165, 1.54) is 16.7 Å². The van der Waals surface area contributed by atoms with Crippen LogP contribution in [0.1, 0.15) is 35.6 Å². The molecule has 0 aromatic heterocycles. The van der Waals surface area contributed by atoms with Crippen molar-refractivity contribution in [3.05, 3.63) is 28.3 Å². The van der Waals surface area contributed by atoms with E-state index in [1.807, 2.05) is 0 Å². The zero-order chi connectivity index (χ0) is 12.8. The largest absolute Gasteiger partial charge is 0.496 e. The van der Waals surface area contributed by atoms with Gasteiger partial charge in [0, 0.05) is 5.41 Å². The molecule has 0 bridgehead atoms. The quantitative estimate of drug-likeness (QED) is 0.778. The molecule has 1 aliphatic rings. The topological polar surface area (TPSA) is 33.0 Å². The maximum absolute atomic E-state index is 9.06. The first kappa shape index (κ1) is 12.0. The van der Waals surface area contributed by atoms with Crippen LogP contribution in [0.3, 0.4) is 0 Å². The fraction of sp³-hybridized carbons (Fsp3) is 0.533. The Morgan fingerprint density at radius 2 is 2.00 bits per heavy atom. The number of nitriles is 1. The first-order valence-corrected chi connectivity index (χ1v) is 6.00. The third kappa shape index (κ3) is 1.61. The number of hydrogen-bond donors (Lipinski definition) is 0. The van der Waals surface area contributed by atoms with Crippen molar-refractivity contribution < 1.29 is 4.74 Å². The summed E-state index contributed by atoms with van der Waals surface area (Å²) >= 11 is 0. The van der Waals surface area contributed by atoms with E-state index in [1.54, 1.807) is 7.11 Å². The van der Waals surface area contributed by atoms with Gasteiger partial charge in [0.2, 0.25) is 0 Å². The average Bonchev–Trinajstić information content (AvgIpc) is 2.97. The highest BCUT2D eigenvalue weighted by atomic mass is 16.5. The highest BCUT2D eigenvalue weighted by Gasteiger charge is 2.52. The Kier molecular flexibility index (Phi) is 2.66. The van der Waals surface area contributed by atoms with Crippen LogP contribution in [0.4, 0.5) is 0 Å². The summed E-state index contributed by atoms with van der Waals surface area (Å²) in [4.78, 5) is 0. The monoisotopic (exact) mass is 229 g/mol. The average molecular weight is 229 g/mol. The van der Waals surface area contributed by atoms with Gasteiger partial charge in [-0.1, -0.05) is 13.0 Å². The minimum absolute atomic E-state index is 0.0562. The van der Waals surface area contributed by atoms with Gasteiger partial charge in [0.15, 0.2) is 0 Å². The Morgan fingerprint density at radius 1 is 1.35 bits per heavy atom. The van der Waals surface area contributed by atoms with Gasteiger partial charge in [-0.2, -0.15) is 5.26 Å². The lowest BCUT2D eigenvalue weighted by molar-refractivity contribution is 0.407. The number of hydrogen-bond acceptors (Lipinski definition) is 2. The second-order valence-corrected chi connectivity index (χ2v) is 5.33. The summed E-state index contributed by atoms with van der Waals surface area (Å²) in [6.07, 6.45) is 0.982. The third-order valence-electron chi connectivity index (χ3n) is 4.24. The lowest BCUT2D eigenvalue weighted by Gasteiger charge is -2.19. The van der Waals surface area contributed by atoms with Crippen LogP contribution in [0.15, 0.2) is 6.07 Å². The molecule has 1 aromatic carbocycles. The number of rotatable bonds is 2. The Bertz CT molecular complexity index is 513. The summed E-state index contributed by atoms with van der Waals surface area (Å²) in [5, 5.41) is 9.06. The molecular formula is C15H19NO. The van der Waals surface area contributed by atoms with Crippen molar-refractivity contribution in [2.45, 2.75) is 39.5 Å². The molecule has 1 saturated carbocycles. The Labute approximate surface area is 103 Å². The van der Waals surface area contributed by atoms with Crippen LogP contribution in [0.25, 0.3) is 0 Å². The molecule has 90 valence electrons. The van der Waals surface area contributed by atoms with Crippen molar-refractivity contribution in [3.8, 4) is 11.8 Å². The first-order chi connectivity index (χ1) is 7.95. The van der Waals surface area contributed by atoms with Crippen molar-refractivity contribution in [1.82, 2.24) is 0 Å². The van der Waals surface area contributed by atoms with Crippen molar-refractivity contribution in [3.63, 3.8) is 0 Å². The van der Waals surface area contributed by atoms with Crippen LogP contribution in [-0.4, -0.2) is 7.11 Å². The molecule has 2 nitrogen and oxygen atoms in total. The number of nitrogens with zero attached hydrogens (tertiary/aromatic N) is 1. The smallest absolute Gasteiger partial charge is 0.124 e. The molecule has 0 saturated heterocycles. The highest BCUT2D eigenvalue weighted by Crippen LogP contribution is 2.55. The number of aryl methyl sites for hydroxylation is 1. The Balaban J connectivity index is 2.56. The molecule has 0 aliphatic heterocycles. The fourth-order valence-corrected chi connectivity index (χ4v) is 2.82. The van der Waals surface area contributed by atoms with E-state index in [4.69, 9.17) is 10.00 Å². The molecule has 2 heteroatoms. The molecule has 1 fully saturated rings. The zero-order valence-corrected chi connectivity index (χ0v) is 11.2. The molecule has 2 rings (SSSR count). The van der Waals surface area contributed by atoms with Crippen molar-refractivity contribution in [2.75, 3.05) is 7.11 Å². The van der Waals surface area contributed by atoms with Crippen LogP contribution in [0.5, 0.6) is 5.75 Å². The van der Waals surface area contributed by atoms with E-state index >= 15 is 0 Å². The lowest BCUT2D eigenvalue weighted by atomic mass is 9.87. The van der Waals surface area contributed by atoms with E-state index in [-0.39, 0.29) is 11.3 Å². The summed E-state index contributed by atoms with van der Waals surface area (Å²) < 4.78 is 5.43. The Hall–Kier alpha value is -1.49. The van der Waals surface area contributed by atoms with E-state index in [2.05, 4.69) is 39.8 Å². The van der Waals surface area contributed by atoms with Gasteiger partial charge >= 0.3 is 0 Å². The summed E-state index contributed by atoms with van der Waals surface area (Å²) in [5.74, 6) is 1.15. The van der Waals surface area contributed by atoms with Crippen molar-refractivity contribution in [2.24, 2.45) is 5.92 Å². The number of ether oxygens (including phenoxy) is 1. The van der Waals surface area contributed by atoms with Gasteiger partial charge in [0.05, 0.1) is 19.1 Å². The third-order valence-corrected chi connectivity index (χ3v) is 4.24. The second-order valence-electron chi connectivity index (χ2n) is 5.33. The lowest BCUT2D eigenvalue weighted by Crippen LogP contribution is -2.09. The van der Waals surface area contributed by atoms with Crippen LogP contribution >= 0.6 is 0 Å². The highest BCUT2D eigenvalue weighted by molar-refractivity contribution is 5.53. The minimum atomic E-state index is 0.0562. The van der Waals surface area contributed by atoms with E-state index in [9.17, 15) is 0 Å². The van der Waals surface area contributed by atoms with E-state index in [0.29, 0.717) is 0 Å². The van der Waals surface area contributed by atoms with Gasteiger partial charge in [-0.15, -0.1) is 0 Å². The van der Waals surface area contributed by atoms with Gasteiger partial charge in [-0.05, 0) is 49.4 Å². The predicted molar refractivity (Wildman–Crippen MR) is 68.3 cm³/mol. The van der Waals surface area contributed by atoms with Crippen LogP contribution in [0, 0.1) is 38.0 Å². The van der Waals surface area contributed by atoms with Crippen LogP contribution < -0.4 is 4.74 Å². The van der Waals surface area contributed by atoms with Crippen molar-refractivity contribution in [1.29, 1.82) is 5.26 Å². The summed E-state index contributed by atoms with van der Waals surface area (Å²) in [6, 6.07) is 4.58. The molecule has 0 heterocycles. The molecule has 0 spiro atoms. The van der Waals surface area contributed by atoms with Gasteiger partial charge in [0.25, 0.3) is 0 Å². The maximum atomic E-state index is 9.06. The molecule has 1 aromatic rings. The van der Waals surface area contributed by atoms with Crippen molar-refractivity contribution >= 4 is 0 Å². The fourth-order valence-electron chi connectivity index (χ4n) is 2.82. The first-order valence-electron chi connectivity index (χ1n) is 6.00. The minimum Gasteiger partial charge on any atom is -0.496 e. The van der Waals surface area contributed by atoms with Gasteiger partial charge < -0.3 is 4.74 Å². The van der Waals surface area contributed by atoms with Gasteiger partial charge in [0.1, 0.15) is 5.75 Å².